The van der Waals surface area contributed by atoms with Crippen molar-refractivity contribution < 1.29 is 17.9 Å². The first-order valence-corrected chi connectivity index (χ1v) is 9.16. The van der Waals surface area contributed by atoms with Crippen molar-refractivity contribution in [2.24, 2.45) is 0 Å². The molecule has 0 atom stereocenters. The summed E-state index contributed by atoms with van der Waals surface area (Å²) in [5.74, 6) is -2.50. The topological polar surface area (TPSA) is 9.23 Å². The van der Waals surface area contributed by atoms with Crippen molar-refractivity contribution in [1.29, 1.82) is 0 Å². The predicted octanol–water partition coefficient (Wildman–Crippen LogP) is 7.26. The second-order valence-electron chi connectivity index (χ2n) is 6.37. The highest BCUT2D eigenvalue weighted by molar-refractivity contribution is 5.91. The van der Waals surface area contributed by atoms with E-state index in [0.717, 1.165) is 12.0 Å². The van der Waals surface area contributed by atoms with E-state index in [0.29, 0.717) is 17.7 Å². The van der Waals surface area contributed by atoms with E-state index in [1.165, 1.54) is 24.3 Å². The molecule has 144 valence electrons. The third kappa shape index (κ3) is 4.11. The number of aryl methyl sites for hydroxylation is 1. The van der Waals surface area contributed by atoms with Crippen LogP contribution in [0.3, 0.4) is 0 Å². The molecule has 0 saturated carbocycles. The summed E-state index contributed by atoms with van der Waals surface area (Å²) in [4.78, 5) is 0. The molecular weight excluding hydrogens is 361 g/mol. The number of halogens is 3. The molecule has 0 unspecified atom stereocenters. The zero-order chi connectivity index (χ0) is 20.1. The molecule has 0 heterocycles. The summed E-state index contributed by atoms with van der Waals surface area (Å²) in [5, 5.41) is 0.764. The van der Waals surface area contributed by atoms with Gasteiger partial charge >= 0.3 is 0 Å². The van der Waals surface area contributed by atoms with Crippen molar-refractivity contribution in [2.45, 2.75) is 20.3 Å². The van der Waals surface area contributed by atoms with E-state index in [2.05, 4.69) is 0 Å². The SMILES string of the molecule is CC=CCOc1ccc2c(F)c(C(F)=C(F)c3ccc(CC)cc3)ccc2c1. The van der Waals surface area contributed by atoms with Crippen LogP contribution in [0.5, 0.6) is 5.75 Å². The first-order valence-electron chi connectivity index (χ1n) is 9.16. The maximum absolute atomic E-state index is 14.9. The number of hydrogen-bond donors (Lipinski definition) is 0. The van der Waals surface area contributed by atoms with E-state index >= 15 is 0 Å². The normalized spacial score (nSPS) is 12.5. The monoisotopic (exact) mass is 382 g/mol. The Hall–Kier alpha value is -3.01. The van der Waals surface area contributed by atoms with Crippen LogP contribution in [-0.2, 0) is 6.42 Å². The minimum Gasteiger partial charge on any atom is -0.490 e. The van der Waals surface area contributed by atoms with Gasteiger partial charge in [-0.05, 0) is 48.6 Å². The smallest absolute Gasteiger partial charge is 0.169 e. The van der Waals surface area contributed by atoms with E-state index in [1.807, 2.05) is 26.0 Å². The Morgan fingerprint density at radius 3 is 2.39 bits per heavy atom. The Kier molecular flexibility index (Phi) is 6.19. The van der Waals surface area contributed by atoms with Gasteiger partial charge in [-0.25, -0.2) is 13.2 Å². The van der Waals surface area contributed by atoms with Gasteiger partial charge in [0.05, 0.1) is 0 Å². The highest BCUT2D eigenvalue weighted by atomic mass is 19.2. The molecule has 0 amide bonds. The second kappa shape index (κ2) is 8.79. The van der Waals surface area contributed by atoms with E-state index in [-0.39, 0.29) is 10.9 Å². The third-order valence-electron chi connectivity index (χ3n) is 4.55. The number of rotatable bonds is 6. The lowest BCUT2D eigenvalue weighted by atomic mass is 10.0. The first-order chi connectivity index (χ1) is 13.5. The fraction of sp³-hybridized carbons (Fsp3) is 0.167. The van der Waals surface area contributed by atoms with Crippen LogP contribution in [0.15, 0.2) is 66.7 Å². The summed E-state index contributed by atoms with van der Waals surface area (Å²) in [7, 11) is 0. The molecule has 1 nitrogen and oxygen atoms in total. The predicted molar refractivity (Wildman–Crippen MR) is 109 cm³/mol. The number of allylic oxidation sites excluding steroid dienone is 1. The Bertz CT molecular complexity index is 1030. The van der Waals surface area contributed by atoms with Gasteiger partial charge in [0.1, 0.15) is 18.2 Å². The molecule has 3 aromatic carbocycles. The highest BCUT2D eigenvalue weighted by Crippen LogP contribution is 2.34. The zero-order valence-electron chi connectivity index (χ0n) is 15.8. The van der Waals surface area contributed by atoms with E-state index < -0.39 is 23.0 Å². The molecule has 0 saturated heterocycles. The van der Waals surface area contributed by atoms with Gasteiger partial charge in [0.2, 0.25) is 0 Å². The quantitative estimate of drug-likeness (QED) is 0.322. The molecule has 28 heavy (non-hydrogen) atoms. The lowest BCUT2D eigenvalue weighted by Gasteiger charge is -2.09. The van der Waals surface area contributed by atoms with Crippen molar-refractivity contribution in [3.8, 4) is 5.75 Å². The van der Waals surface area contributed by atoms with Gasteiger partial charge in [0.15, 0.2) is 11.7 Å². The Labute approximate surface area is 162 Å². The van der Waals surface area contributed by atoms with Gasteiger partial charge in [-0.3, -0.25) is 0 Å². The minimum atomic E-state index is -1.21. The van der Waals surface area contributed by atoms with Crippen LogP contribution in [0.25, 0.3) is 22.4 Å². The van der Waals surface area contributed by atoms with Crippen LogP contribution >= 0.6 is 0 Å². The molecule has 0 aliphatic heterocycles. The van der Waals surface area contributed by atoms with Crippen LogP contribution in [0.2, 0.25) is 0 Å². The number of benzene rings is 3. The summed E-state index contributed by atoms with van der Waals surface area (Å²) in [5.41, 5.74) is 0.704. The van der Waals surface area contributed by atoms with E-state index in [4.69, 9.17) is 4.74 Å². The molecule has 0 bridgehead atoms. The van der Waals surface area contributed by atoms with Gasteiger partial charge in [0.25, 0.3) is 0 Å². The van der Waals surface area contributed by atoms with E-state index in [1.54, 1.807) is 30.3 Å². The standard InChI is InChI=1S/C24H21F3O/c1-3-5-14-28-19-11-13-20-18(15-19)10-12-21(23(20)26)24(27)22(25)17-8-6-16(4-2)7-9-17/h3,5-13,15H,4,14H2,1-2H3. The fourth-order valence-electron chi connectivity index (χ4n) is 2.90. The van der Waals surface area contributed by atoms with Crippen LogP contribution in [0, 0.1) is 5.82 Å². The molecule has 4 heteroatoms. The molecular formula is C24H21F3O. The van der Waals surface area contributed by atoms with Crippen molar-refractivity contribution in [1.82, 2.24) is 0 Å². The molecule has 0 aromatic heterocycles. The molecule has 0 radical (unpaired) electrons. The molecule has 3 aromatic rings. The van der Waals surface area contributed by atoms with Gasteiger partial charge in [-0.1, -0.05) is 49.4 Å². The lowest BCUT2D eigenvalue weighted by Crippen LogP contribution is -1.95. The largest absolute Gasteiger partial charge is 0.490 e. The summed E-state index contributed by atoms with van der Waals surface area (Å²) in [6.45, 7) is 4.27. The Balaban J connectivity index is 1.97. The molecule has 0 aliphatic carbocycles. The summed E-state index contributed by atoms with van der Waals surface area (Å²) < 4.78 is 49.7. The van der Waals surface area contributed by atoms with Crippen molar-refractivity contribution >= 4 is 22.4 Å². The third-order valence-corrected chi connectivity index (χ3v) is 4.55. The van der Waals surface area contributed by atoms with Crippen LogP contribution < -0.4 is 4.74 Å². The molecule has 0 aliphatic rings. The van der Waals surface area contributed by atoms with Crippen LogP contribution in [0.4, 0.5) is 13.2 Å². The zero-order valence-corrected chi connectivity index (χ0v) is 15.8. The maximum atomic E-state index is 14.9. The first kappa shape index (κ1) is 19.7. The fourth-order valence-corrected chi connectivity index (χ4v) is 2.90. The van der Waals surface area contributed by atoms with Gasteiger partial charge in [-0.2, -0.15) is 0 Å². The summed E-state index contributed by atoms with van der Waals surface area (Å²) in [6.07, 6.45) is 4.52. The maximum Gasteiger partial charge on any atom is 0.169 e. The highest BCUT2D eigenvalue weighted by Gasteiger charge is 2.17. The average molecular weight is 382 g/mol. The number of ether oxygens (including phenoxy) is 1. The number of fused-ring (bicyclic) bond motifs is 1. The molecule has 0 fully saturated rings. The average Bonchev–Trinajstić information content (AvgIpc) is 2.73. The summed E-state index contributed by atoms with van der Waals surface area (Å²) in [6, 6.07) is 14.1. The number of hydrogen-bond acceptors (Lipinski definition) is 1. The molecule has 0 spiro atoms. The van der Waals surface area contributed by atoms with Crippen LogP contribution in [-0.4, -0.2) is 6.61 Å². The van der Waals surface area contributed by atoms with Gasteiger partial charge < -0.3 is 4.74 Å². The molecule has 3 rings (SSSR count). The van der Waals surface area contributed by atoms with Crippen LogP contribution in [0.1, 0.15) is 30.5 Å². The lowest BCUT2D eigenvalue weighted by molar-refractivity contribution is 0.363. The Morgan fingerprint density at radius 1 is 0.964 bits per heavy atom. The van der Waals surface area contributed by atoms with Crippen molar-refractivity contribution in [3.63, 3.8) is 0 Å². The van der Waals surface area contributed by atoms with E-state index in [9.17, 15) is 13.2 Å². The van der Waals surface area contributed by atoms with Gasteiger partial charge in [0, 0.05) is 16.5 Å². The minimum absolute atomic E-state index is 0.0851. The summed E-state index contributed by atoms with van der Waals surface area (Å²) >= 11 is 0. The van der Waals surface area contributed by atoms with Crippen molar-refractivity contribution in [2.75, 3.05) is 6.61 Å². The van der Waals surface area contributed by atoms with Crippen molar-refractivity contribution in [3.05, 3.63) is 89.3 Å². The Morgan fingerprint density at radius 2 is 1.71 bits per heavy atom. The van der Waals surface area contributed by atoms with Gasteiger partial charge in [-0.15, -0.1) is 0 Å². The molecule has 0 N–H and O–H groups in total. The second-order valence-corrected chi connectivity index (χ2v) is 6.37.